The third-order valence-electron chi connectivity index (χ3n) is 6.29. The zero-order valence-electron chi connectivity index (χ0n) is 17.1. The maximum absolute atomic E-state index is 12.4. The minimum Gasteiger partial charge on any atom is -0.354 e. The van der Waals surface area contributed by atoms with Crippen molar-refractivity contribution >= 4 is 60.2 Å². The Balaban J connectivity index is 1.65. The number of aromatic amines is 2. The number of carbonyl (C=O) groups excluding carboxylic acids is 1. The summed E-state index contributed by atoms with van der Waals surface area (Å²) in [7, 11) is 0. The number of H-pyrrole nitrogens is 2. The van der Waals surface area contributed by atoms with E-state index in [1.165, 1.54) is 43.5 Å². The van der Waals surface area contributed by atoms with E-state index in [2.05, 4.69) is 65.4 Å². The number of aryl methyl sites for hydroxylation is 1. The number of nitrogens with one attached hydrogen (secondary N) is 2. The molecule has 6 rings (SSSR count). The van der Waals surface area contributed by atoms with Crippen LogP contribution in [0.25, 0.3) is 54.4 Å². The first kappa shape index (κ1) is 17.3. The molecule has 0 saturated carbocycles. The Bertz CT molecular complexity index is 1630. The van der Waals surface area contributed by atoms with Crippen LogP contribution in [0.15, 0.2) is 60.7 Å². The van der Waals surface area contributed by atoms with Crippen molar-refractivity contribution in [3.05, 3.63) is 71.8 Å². The van der Waals surface area contributed by atoms with Crippen molar-refractivity contribution in [2.75, 3.05) is 0 Å². The number of hydrogen-bond acceptors (Lipinski definition) is 1. The molecule has 0 radical (unpaired) electrons. The van der Waals surface area contributed by atoms with Gasteiger partial charge in [-0.1, -0.05) is 55.5 Å². The highest BCUT2D eigenvalue weighted by Gasteiger charge is 2.14. The van der Waals surface area contributed by atoms with Crippen LogP contribution >= 0.6 is 0 Å². The molecule has 0 unspecified atom stereocenters. The standard InChI is InChI=1S/C27H22N2O/c1-3-4-25(30)16-6-8-18-20-10-12-21-22(27(20)29-24(18)14-16)11-9-19-17-7-5-15(2)13-23(17)28-26(19)21/h5-14,28-29H,3-4H2,1-2H3. The van der Waals surface area contributed by atoms with Gasteiger partial charge in [-0.25, -0.2) is 0 Å². The SMILES string of the molecule is CCCC(=O)c1ccc2c(c1)[nH]c1c2ccc2c1ccc1c3ccc(C)cc3[nH]c12. The molecule has 30 heavy (non-hydrogen) atoms. The van der Waals surface area contributed by atoms with Gasteiger partial charge in [0.05, 0.1) is 11.0 Å². The van der Waals surface area contributed by atoms with Crippen molar-refractivity contribution in [3.63, 3.8) is 0 Å². The molecule has 3 nitrogen and oxygen atoms in total. The normalized spacial score (nSPS) is 12.1. The first-order valence-corrected chi connectivity index (χ1v) is 10.6. The van der Waals surface area contributed by atoms with Gasteiger partial charge in [-0.05, 0) is 31.0 Å². The van der Waals surface area contributed by atoms with Crippen molar-refractivity contribution in [3.8, 4) is 0 Å². The van der Waals surface area contributed by atoms with Crippen LogP contribution in [0, 0.1) is 6.92 Å². The molecular weight excluding hydrogens is 368 g/mol. The summed E-state index contributed by atoms with van der Waals surface area (Å²) in [5, 5.41) is 7.27. The maximum atomic E-state index is 12.4. The van der Waals surface area contributed by atoms with Gasteiger partial charge in [-0.3, -0.25) is 4.79 Å². The predicted molar refractivity (Wildman–Crippen MR) is 127 cm³/mol. The molecule has 0 fully saturated rings. The lowest BCUT2D eigenvalue weighted by Crippen LogP contribution is -1.97. The van der Waals surface area contributed by atoms with Gasteiger partial charge in [0.15, 0.2) is 5.78 Å². The van der Waals surface area contributed by atoms with Crippen molar-refractivity contribution in [1.82, 2.24) is 9.97 Å². The molecule has 2 heterocycles. The van der Waals surface area contributed by atoms with Crippen molar-refractivity contribution in [2.45, 2.75) is 26.7 Å². The lowest BCUT2D eigenvalue weighted by molar-refractivity contribution is 0.0982. The average molecular weight is 390 g/mol. The van der Waals surface area contributed by atoms with E-state index in [9.17, 15) is 4.79 Å². The first-order valence-electron chi connectivity index (χ1n) is 10.6. The van der Waals surface area contributed by atoms with Crippen molar-refractivity contribution in [2.24, 2.45) is 0 Å². The molecule has 0 aliphatic heterocycles. The van der Waals surface area contributed by atoms with Gasteiger partial charge in [0, 0.05) is 55.3 Å². The van der Waals surface area contributed by atoms with E-state index < -0.39 is 0 Å². The summed E-state index contributed by atoms with van der Waals surface area (Å²) in [6, 6.07) is 21.4. The average Bonchev–Trinajstić information content (AvgIpc) is 3.30. The van der Waals surface area contributed by atoms with Gasteiger partial charge in [0.25, 0.3) is 0 Å². The molecule has 0 bridgehead atoms. The van der Waals surface area contributed by atoms with Crippen LogP contribution in [0.5, 0.6) is 0 Å². The highest BCUT2D eigenvalue weighted by Crippen LogP contribution is 2.37. The molecule has 146 valence electrons. The fourth-order valence-corrected chi connectivity index (χ4v) is 4.82. The summed E-state index contributed by atoms with van der Waals surface area (Å²) < 4.78 is 0. The first-order chi connectivity index (χ1) is 14.6. The highest BCUT2D eigenvalue weighted by molar-refractivity contribution is 6.24. The minimum absolute atomic E-state index is 0.206. The molecule has 0 saturated heterocycles. The second-order valence-corrected chi connectivity index (χ2v) is 8.30. The van der Waals surface area contributed by atoms with E-state index in [0.29, 0.717) is 6.42 Å². The molecule has 4 aromatic carbocycles. The number of ketones is 1. The van der Waals surface area contributed by atoms with Crippen LogP contribution in [0.4, 0.5) is 0 Å². The third kappa shape index (κ3) is 2.35. The number of hydrogen-bond donors (Lipinski definition) is 2. The number of benzene rings is 4. The number of carbonyl (C=O) groups is 1. The van der Waals surface area contributed by atoms with Gasteiger partial charge in [-0.2, -0.15) is 0 Å². The number of Topliss-reactive ketones (excluding diaryl/α,β-unsaturated/α-hetero) is 1. The molecule has 0 aliphatic rings. The monoisotopic (exact) mass is 390 g/mol. The van der Waals surface area contributed by atoms with Gasteiger partial charge in [0.1, 0.15) is 0 Å². The van der Waals surface area contributed by atoms with E-state index in [1.807, 2.05) is 19.1 Å². The Hall–Kier alpha value is -3.59. The molecule has 0 spiro atoms. The van der Waals surface area contributed by atoms with Crippen LogP contribution < -0.4 is 0 Å². The fourth-order valence-electron chi connectivity index (χ4n) is 4.82. The Morgan fingerprint density at radius 3 is 1.80 bits per heavy atom. The maximum Gasteiger partial charge on any atom is 0.162 e. The van der Waals surface area contributed by atoms with Crippen LogP contribution in [0.1, 0.15) is 35.7 Å². The lowest BCUT2D eigenvalue weighted by atomic mass is 10.0. The summed E-state index contributed by atoms with van der Waals surface area (Å²) >= 11 is 0. The van der Waals surface area contributed by atoms with Gasteiger partial charge < -0.3 is 9.97 Å². The smallest absolute Gasteiger partial charge is 0.162 e. The van der Waals surface area contributed by atoms with E-state index in [1.54, 1.807) is 0 Å². The molecule has 6 aromatic rings. The zero-order chi connectivity index (χ0) is 20.4. The highest BCUT2D eigenvalue weighted by atomic mass is 16.1. The molecule has 0 atom stereocenters. The van der Waals surface area contributed by atoms with E-state index in [-0.39, 0.29) is 5.78 Å². The number of aromatic nitrogens is 2. The molecule has 3 heteroatoms. The summed E-state index contributed by atoms with van der Waals surface area (Å²) in [5.74, 6) is 0.206. The zero-order valence-corrected chi connectivity index (χ0v) is 17.1. The van der Waals surface area contributed by atoms with E-state index in [0.717, 1.165) is 28.4 Å². The van der Waals surface area contributed by atoms with Gasteiger partial charge >= 0.3 is 0 Å². The Kier molecular flexibility index (Phi) is 3.57. The van der Waals surface area contributed by atoms with Crippen LogP contribution in [0.2, 0.25) is 0 Å². The largest absolute Gasteiger partial charge is 0.354 e. The summed E-state index contributed by atoms with van der Waals surface area (Å²) in [6.07, 6.45) is 1.46. The molecular formula is C27H22N2O. The Morgan fingerprint density at radius 2 is 1.20 bits per heavy atom. The summed E-state index contributed by atoms with van der Waals surface area (Å²) in [6.45, 7) is 4.16. The molecule has 2 N–H and O–H groups in total. The van der Waals surface area contributed by atoms with Crippen molar-refractivity contribution < 1.29 is 4.79 Å². The Morgan fingerprint density at radius 1 is 0.700 bits per heavy atom. The fraction of sp³-hybridized carbons (Fsp3) is 0.148. The number of rotatable bonds is 3. The molecule has 0 aliphatic carbocycles. The van der Waals surface area contributed by atoms with Crippen LogP contribution in [-0.2, 0) is 0 Å². The van der Waals surface area contributed by atoms with E-state index >= 15 is 0 Å². The number of fused-ring (bicyclic) bond motifs is 9. The van der Waals surface area contributed by atoms with Gasteiger partial charge in [0.2, 0.25) is 0 Å². The van der Waals surface area contributed by atoms with E-state index in [4.69, 9.17) is 0 Å². The molecule has 2 aromatic heterocycles. The molecule has 0 amide bonds. The quantitative estimate of drug-likeness (QED) is 0.304. The third-order valence-corrected chi connectivity index (χ3v) is 6.29. The predicted octanol–water partition coefficient (Wildman–Crippen LogP) is 7.40. The van der Waals surface area contributed by atoms with Gasteiger partial charge in [-0.15, -0.1) is 0 Å². The van der Waals surface area contributed by atoms with Crippen LogP contribution in [-0.4, -0.2) is 15.8 Å². The van der Waals surface area contributed by atoms with Crippen LogP contribution in [0.3, 0.4) is 0 Å². The summed E-state index contributed by atoms with van der Waals surface area (Å²) in [4.78, 5) is 19.6. The topological polar surface area (TPSA) is 48.6 Å². The summed E-state index contributed by atoms with van der Waals surface area (Å²) in [5.41, 5.74) is 6.53. The second kappa shape index (κ2) is 6.20. The lowest BCUT2D eigenvalue weighted by Gasteiger charge is -2.02. The minimum atomic E-state index is 0.206. The van der Waals surface area contributed by atoms with Crippen molar-refractivity contribution in [1.29, 1.82) is 0 Å². The second-order valence-electron chi connectivity index (χ2n) is 8.30. The Labute approximate surface area is 173 Å².